The van der Waals surface area contributed by atoms with Gasteiger partial charge in [0.05, 0.1) is 0 Å². The van der Waals surface area contributed by atoms with Crippen LogP contribution >= 0.6 is 0 Å². The van der Waals surface area contributed by atoms with Crippen LogP contribution in [0.2, 0.25) is 0 Å². The first kappa shape index (κ1) is 17.8. The standard InChI is InChI=1S/C3H7NO2.2HNO3/c1-2(4)3(5)6;2*2-1(3)4/h2H,4H2,1H3,(H,5,6);2*(H,2,3,4)/t2-;;/m0../s1. The lowest BCUT2D eigenvalue weighted by Crippen LogP contribution is -2.25. The van der Waals surface area contributed by atoms with Gasteiger partial charge in [-0.3, -0.25) is 4.79 Å². The van der Waals surface area contributed by atoms with Crippen LogP contribution in [0, 0.1) is 20.2 Å². The molecule has 0 saturated heterocycles. The third-order valence-corrected chi connectivity index (χ3v) is 0.390. The fourth-order valence-electron chi connectivity index (χ4n) is 0. The summed E-state index contributed by atoms with van der Waals surface area (Å²) in [7, 11) is 0. The van der Waals surface area contributed by atoms with E-state index in [9.17, 15) is 4.79 Å². The zero-order valence-corrected chi connectivity index (χ0v) is 6.93. The molecule has 0 unspecified atom stereocenters. The molecule has 14 heavy (non-hydrogen) atoms. The molecule has 0 saturated carbocycles. The molecule has 0 aliphatic rings. The number of carboxylic acid groups (broad SMARTS) is 1. The molecule has 0 rings (SSSR count). The van der Waals surface area contributed by atoms with Crippen molar-refractivity contribution in [2.24, 2.45) is 5.73 Å². The molecular weight excluding hydrogens is 206 g/mol. The van der Waals surface area contributed by atoms with E-state index < -0.39 is 22.2 Å². The Hall–Kier alpha value is -2.17. The highest BCUT2D eigenvalue weighted by Gasteiger charge is 1.99. The Labute approximate surface area is 76.6 Å². The van der Waals surface area contributed by atoms with Crippen LogP contribution in [0.1, 0.15) is 6.92 Å². The van der Waals surface area contributed by atoms with Gasteiger partial charge in [0.15, 0.2) is 0 Å². The normalized spacial score (nSPS) is 9.29. The zero-order valence-electron chi connectivity index (χ0n) is 6.93. The van der Waals surface area contributed by atoms with Gasteiger partial charge in [-0.25, -0.2) is 0 Å². The Morgan fingerprint density at radius 3 is 1.36 bits per heavy atom. The summed E-state index contributed by atoms with van der Waals surface area (Å²) in [5.74, 6) is -0.963. The molecule has 0 aliphatic heterocycles. The Morgan fingerprint density at radius 2 is 1.36 bits per heavy atom. The molecule has 0 heterocycles. The van der Waals surface area contributed by atoms with E-state index in [0.29, 0.717) is 0 Å². The quantitative estimate of drug-likeness (QED) is 0.304. The van der Waals surface area contributed by atoms with Crippen molar-refractivity contribution >= 4 is 5.97 Å². The largest absolute Gasteiger partial charge is 0.480 e. The first-order valence-electron chi connectivity index (χ1n) is 2.76. The van der Waals surface area contributed by atoms with Crippen LogP contribution in [0.15, 0.2) is 0 Å². The van der Waals surface area contributed by atoms with Crippen molar-refractivity contribution in [2.75, 3.05) is 0 Å². The third-order valence-electron chi connectivity index (χ3n) is 0.390. The first-order chi connectivity index (χ1) is 6.11. The van der Waals surface area contributed by atoms with E-state index in [1.54, 1.807) is 0 Å². The van der Waals surface area contributed by atoms with Gasteiger partial charge in [0.25, 0.3) is 10.2 Å². The Kier molecular flexibility index (Phi) is 13.8. The molecule has 0 aromatic rings. The molecule has 1 atom stereocenters. The summed E-state index contributed by atoms with van der Waals surface area (Å²) in [6, 6.07) is -0.731. The van der Waals surface area contributed by atoms with Gasteiger partial charge >= 0.3 is 5.97 Å². The second kappa shape index (κ2) is 10.8. The molecule has 84 valence electrons. The monoisotopic (exact) mass is 215 g/mol. The topological polar surface area (TPSA) is 190 Å². The molecule has 0 aliphatic carbocycles. The van der Waals surface area contributed by atoms with E-state index >= 15 is 0 Å². The number of hydrogen-bond acceptors (Lipinski definition) is 6. The van der Waals surface area contributed by atoms with Crippen LogP contribution in [0.5, 0.6) is 0 Å². The number of carbonyl (C=O) groups is 1. The average molecular weight is 215 g/mol. The molecule has 5 N–H and O–H groups in total. The SMILES string of the molecule is C[C@H](N)C(=O)O.O=[N+]([O-])O.O=[N+]([O-])O. The summed E-state index contributed by atoms with van der Waals surface area (Å²) in [4.78, 5) is 26.3. The Balaban J connectivity index is -0.000000135. The second-order valence-electron chi connectivity index (χ2n) is 1.60. The molecule has 0 aromatic heterocycles. The van der Waals surface area contributed by atoms with Crippen LogP contribution in [-0.2, 0) is 4.79 Å². The lowest BCUT2D eigenvalue weighted by atomic mass is 10.4. The number of rotatable bonds is 1. The van der Waals surface area contributed by atoms with Crippen molar-refractivity contribution in [3.8, 4) is 0 Å². The smallest absolute Gasteiger partial charge is 0.320 e. The van der Waals surface area contributed by atoms with Gasteiger partial charge in [0.1, 0.15) is 6.04 Å². The lowest BCUT2D eigenvalue weighted by molar-refractivity contribution is -0.742. The van der Waals surface area contributed by atoms with E-state index in [-0.39, 0.29) is 0 Å². The Bertz CT molecular complexity index is 170. The van der Waals surface area contributed by atoms with E-state index in [1.807, 2.05) is 0 Å². The maximum absolute atomic E-state index is 9.57. The summed E-state index contributed by atoms with van der Waals surface area (Å²) in [5.41, 5.74) is 4.84. The highest BCUT2D eigenvalue weighted by molar-refractivity contribution is 5.72. The second-order valence-corrected chi connectivity index (χ2v) is 1.60. The van der Waals surface area contributed by atoms with Gasteiger partial charge in [-0.1, -0.05) is 0 Å². The van der Waals surface area contributed by atoms with Crippen LogP contribution in [0.25, 0.3) is 0 Å². The minimum Gasteiger partial charge on any atom is -0.480 e. The molecule has 0 radical (unpaired) electrons. The fourth-order valence-corrected chi connectivity index (χ4v) is 0. The van der Waals surface area contributed by atoms with Gasteiger partial charge < -0.3 is 21.3 Å². The van der Waals surface area contributed by atoms with Crippen molar-refractivity contribution < 1.29 is 30.5 Å². The molecule has 0 spiro atoms. The zero-order chi connectivity index (χ0) is 12.3. The summed E-state index contributed by atoms with van der Waals surface area (Å²) < 4.78 is 0. The Morgan fingerprint density at radius 1 is 1.29 bits per heavy atom. The van der Waals surface area contributed by atoms with E-state index in [1.165, 1.54) is 6.92 Å². The molecule has 0 amide bonds. The summed E-state index contributed by atoms with van der Waals surface area (Å²) in [6.45, 7) is 1.42. The summed E-state index contributed by atoms with van der Waals surface area (Å²) >= 11 is 0. The molecular formula is C3H9N3O8. The highest BCUT2D eigenvalue weighted by atomic mass is 16.9. The van der Waals surface area contributed by atoms with Crippen molar-refractivity contribution in [2.45, 2.75) is 13.0 Å². The van der Waals surface area contributed by atoms with Crippen molar-refractivity contribution in [3.05, 3.63) is 20.2 Å². The summed E-state index contributed by atoms with van der Waals surface area (Å²) in [5, 5.41) is 35.1. The van der Waals surface area contributed by atoms with Gasteiger partial charge in [-0.2, -0.15) is 0 Å². The molecule has 11 heteroatoms. The highest BCUT2D eigenvalue weighted by Crippen LogP contribution is 1.68. The van der Waals surface area contributed by atoms with Crippen molar-refractivity contribution in [1.82, 2.24) is 0 Å². The van der Waals surface area contributed by atoms with E-state index in [0.717, 1.165) is 0 Å². The maximum Gasteiger partial charge on any atom is 0.320 e. The molecule has 0 fully saturated rings. The van der Waals surface area contributed by atoms with E-state index in [2.05, 4.69) is 0 Å². The van der Waals surface area contributed by atoms with Crippen LogP contribution in [0.4, 0.5) is 0 Å². The van der Waals surface area contributed by atoms with Gasteiger partial charge in [-0.15, -0.1) is 20.2 Å². The van der Waals surface area contributed by atoms with Crippen LogP contribution in [0.3, 0.4) is 0 Å². The number of carboxylic acids is 1. The average Bonchev–Trinajstić information content (AvgIpc) is 1.83. The molecule has 0 bridgehead atoms. The maximum atomic E-state index is 9.57. The third kappa shape index (κ3) is 229. The minimum absolute atomic E-state index is 0.731. The van der Waals surface area contributed by atoms with Crippen LogP contribution in [-0.4, -0.2) is 37.7 Å². The molecule has 0 aromatic carbocycles. The number of nitrogens with zero attached hydrogens (tertiary/aromatic N) is 2. The number of hydrogen-bond donors (Lipinski definition) is 4. The molecule has 11 nitrogen and oxygen atoms in total. The minimum atomic E-state index is -1.50. The number of aliphatic carboxylic acids is 1. The van der Waals surface area contributed by atoms with Crippen LogP contribution < -0.4 is 5.73 Å². The van der Waals surface area contributed by atoms with Crippen molar-refractivity contribution in [1.29, 1.82) is 0 Å². The van der Waals surface area contributed by atoms with Gasteiger partial charge in [0, 0.05) is 0 Å². The lowest BCUT2D eigenvalue weighted by Gasteiger charge is -1.90. The number of nitrogens with two attached hydrogens (primary N) is 1. The first-order valence-corrected chi connectivity index (χ1v) is 2.76. The summed E-state index contributed by atoms with van der Waals surface area (Å²) in [6.07, 6.45) is 0. The predicted molar refractivity (Wildman–Crippen MR) is 38.8 cm³/mol. The van der Waals surface area contributed by atoms with Gasteiger partial charge in [-0.05, 0) is 6.92 Å². The van der Waals surface area contributed by atoms with E-state index in [4.69, 9.17) is 41.5 Å². The fraction of sp³-hybridized carbons (Fsp3) is 0.667. The van der Waals surface area contributed by atoms with Gasteiger partial charge in [0.2, 0.25) is 0 Å². The van der Waals surface area contributed by atoms with Crippen molar-refractivity contribution in [3.63, 3.8) is 0 Å². The predicted octanol–water partition coefficient (Wildman–Crippen LogP) is -1.28.